The summed E-state index contributed by atoms with van der Waals surface area (Å²) < 4.78 is 12.5. The van der Waals surface area contributed by atoms with E-state index in [0.717, 1.165) is 44.1 Å². The van der Waals surface area contributed by atoms with E-state index < -0.39 is 36.4 Å². The van der Waals surface area contributed by atoms with Crippen molar-refractivity contribution in [2.45, 2.75) is 44.1 Å². The van der Waals surface area contributed by atoms with Crippen molar-refractivity contribution in [2.75, 3.05) is 33.4 Å². The number of carboxylic acids is 3. The van der Waals surface area contributed by atoms with Gasteiger partial charge in [-0.15, -0.1) is 11.3 Å². The van der Waals surface area contributed by atoms with Crippen LogP contribution in [0.15, 0.2) is 72.8 Å². The maximum Gasteiger partial charge on any atom is 0.336 e. The molecule has 4 N–H and O–H groups in total. The molecule has 0 aliphatic carbocycles. The van der Waals surface area contributed by atoms with Gasteiger partial charge in [0, 0.05) is 32.6 Å². The zero-order valence-electron chi connectivity index (χ0n) is 26.6. The van der Waals surface area contributed by atoms with Crippen molar-refractivity contribution in [2.24, 2.45) is 0 Å². The number of carboxylic acid groups (broad SMARTS) is 3. The molecular formula is C36H39NO10S. The number of carbonyl (C=O) groups excluding carboxylic acids is 1. The number of rotatable bonds is 13. The predicted octanol–water partition coefficient (Wildman–Crippen LogP) is 5.81. The summed E-state index contributed by atoms with van der Waals surface area (Å²) in [7, 11) is 1.66. The Morgan fingerprint density at radius 3 is 1.98 bits per heavy atom. The van der Waals surface area contributed by atoms with E-state index in [1.807, 2.05) is 60.7 Å². The van der Waals surface area contributed by atoms with Crippen molar-refractivity contribution in [3.05, 3.63) is 83.9 Å². The maximum absolute atomic E-state index is 13.8. The predicted molar refractivity (Wildman–Crippen MR) is 181 cm³/mol. The molecule has 2 heterocycles. The first-order chi connectivity index (χ1) is 23.0. The zero-order chi connectivity index (χ0) is 34.7. The second-order valence-electron chi connectivity index (χ2n) is 11.5. The molecule has 0 bridgehead atoms. The molecule has 1 aromatic heterocycles. The molecule has 3 aromatic carbocycles. The van der Waals surface area contributed by atoms with E-state index in [1.54, 1.807) is 18.4 Å². The largest absolute Gasteiger partial charge is 0.497 e. The van der Waals surface area contributed by atoms with E-state index >= 15 is 0 Å². The van der Waals surface area contributed by atoms with Crippen LogP contribution in [0.5, 0.6) is 11.5 Å². The molecule has 1 saturated heterocycles. The lowest BCUT2D eigenvalue weighted by Crippen LogP contribution is -2.42. The topological polar surface area (TPSA) is 171 Å². The van der Waals surface area contributed by atoms with Crippen LogP contribution in [0.1, 0.15) is 54.4 Å². The van der Waals surface area contributed by atoms with Crippen LogP contribution in [0.25, 0.3) is 20.5 Å². The van der Waals surface area contributed by atoms with Gasteiger partial charge in [0.05, 0.1) is 20.0 Å². The third-order valence-electron chi connectivity index (χ3n) is 7.94. The van der Waals surface area contributed by atoms with Gasteiger partial charge in [-0.05, 0) is 74.0 Å². The molecule has 48 heavy (non-hydrogen) atoms. The van der Waals surface area contributed by atoms with E-state index in [9.17, 15) is 19.2 Å². The molecule has 5 rings (SSSR count). The molecule has 0 amide bonds. The van der Waals surface area contributed by atoms with Crippen molar-refractivity contribution in [3.8, 4) is 21.9 Å². The van der Waals surface area contributed by atoms with Crippen molar-refractivity contribution >= 4 is 45.1 Å². The molecule has 1 aliphatic heterocycles. The lowest BCUT2D eigenvalue weighted by atomic mass is 9.96. The van der Waals surface area contributed by atoms with E-state index in [4.69, 9.17) is 29.9 Å². The number of aliphatic carboxylic acids is 3. The highest BCUT2D eigenvalue weighted by molar-refractivity contribution is 7.22. The highest BCUT2D eigenvalue weighted by Gasteiger charge is 2.40. The number of benzene rings is 3. The standard InChI is InChI=1S/C30H31NO3S.C6H8O7/c1-33-25-15-16-26-27(21-25)35-30(23-9-5-4-6-10-23)28(26)29(32)22-11-13-24(14-12-22)34-20-19-31-17-7-2-3-8-18-31;7-3(8)1-6(13,5(11)12)2-4(9)10/h4-6,9-16,21H,2-3,7-8,17-20H2,1H3;13H,1-2H2,(H,7,8)(H,9,10)(H,11,12). The zero-order valence-corrected chi connectivity index (χ0v) is 27.4. The lowest BCUT2D eigenvalue weighted by molar-refractivity contribution is -0.170. The number of hydrogen-bond acceptors (Lipinski definition) is 9. The molecular weight excluding hydrogens is 638 g/mol. The molecule has 1 fully saturated rings. The van der Waals surface area contributed by atoms with Crippen LogP contribution in [-0.2, 0) is 14.4 Å². The summed E-state index contributed by atoms with van der Waals surface area (Å²) in [5, 5.41) is 34.8. The van der Waals surface area contributed by atoms with Crippen molar-refractivity contribution < 1.29 is 49.1 Å². The van der Waals surface area contributed by atoms with Gasteiger partial charge in [-0.3, -0.25) is 19.3 Å². The summed E-state index contributed by atoms with van der Waals surface area (Å²) in [6, 6.07) is 23.6. The number of ketones is 1. The van der Waals surface area contributed by atoms with E-state index in [1.165, 1.54) is 38.8 Å². The molecule has 12 heteroatoms. The first kappa shape index (κ1) is 36.1. The van der Waals surface area contributed by atoms with Crippen molar-refractivity contribution in [3.63, 3.8) is 0 Å². The number of nitrogens with zero attached hydrogens (tertiary/aromatic N) is 1. The molecule has 254 valence electrons. The van der Waals surface area contributed by atoms with Crippen LogP contribution < -0.4 is 9.47 Å². The summed E-state index contributed by atoms with van der Waals surface area (Å²) in [4.78, 5) is 47.7. The van der Waals surface area contributed by atoms with Crippen LogP contribution in [0.2, 0.25) is 0 Å². The van der Waals surface area contributed by atoms with Gasteiger partial charge in [0.15, 0.2) is 11.4 Å². The molecule has 0 unspecified atom stereocenters. The van der Waals surface area contributed by atoms with Gasteiger partial charge in [-0.2, -0.15) is 0 Å². The quantitative estimate of drug-likeness (QED) is 0.126. The summed E-state index contributed by atoms with van der Waals surface area (Å²) in [6.45, 7) is 3.95. The number of aliphatic hydroxyl groups is 1. The first-order valence-corrected chi connectivity index (χ1v) is 16.4. The Bertz CT molecular complexity index is 1690. The van der Waals surface area contributed by atoms with Crippen molar-refractivity contribution in [1.82, 2.24) is 4.90 Å². The van der Waals surface area contributed by atoms with Gasteiger partial charge < -0.3 is 29.9 Å². The van der Waals surface area contributed by atoms with Crippen LogP contribution in [-0.4, -0.2) is 88.0 Å². The minimum atomic E-state index is -2.74. The molecule has 0 radical (unpaired) electrons. The third-order valence-corrected chi connectivity index (χ3v) is 9.14. The molecule has 1 aliphatic rings. The molecule has 11 nitrogen and oxygen atoms in total. The number of methoxy groups -OCH3 is 1. The van der Waals surface area contributed by atoms with Gasteiger partial charge in [-0.1, -0.05) is 43.2 Å². The Morgan fingerprint density at radius 1 is 0.812 bits per heavy atom. The molecule has 0 saturated carbocycles. The molecule has 4 aromatic rings. The molecule has 0 spiro atoms. The fourth-order valence-electron chi connectivity index (χ4n) is 5.44. The average molecular weight is 678 g/mol. The number of ether oxygens (including phenoxy) is 2. The van der Waals surface area contributed by atoms with E-state index in [2.05, 4.69) is 17.0 Å². The number of likely N-dealkylation sites (tertiary alicyclic amines) is 1. The summed E-state index contributed by atoms with van der Waals surface area (Å²) in [5.74, 6) is -3.40. The van der Waals surface area contributed by atoms with Crippen LogP contribution in [0.3, 0.4) is 0 Å². The fourth-order valence-corrected chi connectivity index (χ4v) is 6.67. The van der Waals surface area contributed by atoms with Crippen LogP contribution in [0.4, 0.5) is 0 Å². The molecule has 0 atom stereocenters. The average Bonchev–Trinajstić information content (AvgIpc) is 3.24. The highest BCUT2D eigenvalue weighted by atomic mass is 32.1. The van der Waals surface area contributed by atoms with Gasteiger partial charge in [0.1, 0.15) is 18.1 Å². The third kappa shape index (κ3) is 9.63. The smallest absolute Gasteiger partial charge is 0.336 e. The van der Waals surface area contributed by atoms with Crippen molar-refractivity contribution in [1.29, 1.82) is 0 Å². The minimum Gasteiger partial charge on any atom is -0.497 e. The minimum absolute atomic E-state index is 0.0244. The van der Waals surface area contributed by atoms with Gasteiger partial charge in [-0.25, -0.2) is 4.79 Å². The fraction of sp³-hybridized carbons (Fsp3) is 0.333. The Hall–Kier alpha value is -4.78. The second-order valence-corrected chi connectivity index (χ2v) is 12.5. The summed E-state index contributed by atoms with van der Waals surface area (Å²) in [6.07, 6.45) is 2.96. The van der Waals surface area contributed by atoms with Gasteiger partial charge in [0.2, 0.25) is 0 Å². The van der Waals surface area contributed by atoms with E-state index in [0.29, 0.717) is 12.2 Å². The van der Waals surface area contributed by atoms with E-state index in [-0.39, 0.29) is 5.78 Å². The Balaban J connectivity index is 0.000000341. The van der Waals surface area contributed by atoms with Crippen LogP contribution in [0, 0.1) is 0 Å². The summed E-state index contributed by atoms with van der Waals surface area (Å²) in [5.41, 5.74) is -0.284. The van der Waals surface area contributed by atoms with Crippen LogP contribution >= 0.6 is 11.3 Å². The first-order valence-electron chi connectivity index (χ1n) is 15.6. The number of fused-ring (bicyclic) bond motifs is 1. The Kier molecular flexibility index (Phi) is 12.7. The number of hydrogen-bond donors (Lipinski definition) is 4. The lowest BCUT2D eigenvalue weighted by Gasteiger charge is -2.19. The number of carbonyl (C=O) groups is 4. The summed E-state index contributed by atoms with van der Waals surface area (Å²) >= 11 is 1.63. The second kappa shape index (κ2) is 16.9. The van der Waals surface area contributed by atoms with Gasteiger partial charge in [0.25, 0.3) is 0 Å². The maximum atomic E-state index is 13.8. The Labute approximate surface area is 282 Å². The monoisotopic (exact) mass is 677 g/mol. The highest BCUT2D eigenvalue weighted by Crippen LogP contribution is 2.41. The Morgan fingerprint density at radius 2 is 1.42 bits per heavy atom. The van der Waals surface area contributed by atoms with Gasteiger partial charge >= 0.3 is 17.9 Å². The normalized spacial score (nSPS) is 13.5. The SMILES string of the molecule is COc1ccc2c(C(=O)c3ccc(OCCN4CCCCCC4)cc3)c(-c3ccccc3)sc2c1.O=C(O)CC(O)(CC(=O)O)C(=O)O. The number of thiophene rings is 1.